The largest absolute Gasteiger partial charge is 0.481 e. The van der Waals surface area contributed by atoms with Crippen molar-refractivity contribution in [3.05, 3.63) is 45.1 Å². The number of rotatable bonds is 4. The van der Waals surface area contributed by atoms with Crippen LogP contribution in [0.4, 0.5) is 10.1 Å². The maximum Gasteiger partial charge on any atom is 0.341 e. The fraction of sp³-hybridized carbons (Fsp3) is 0.421. The SMILES string of the molecule is Cc1c(N2CCC(C(=O)O)C2)c(F)cn2c(=O)c(C(=O)O)cc(C3CC3)c12. The number of hydrogen-bond donors (Lipinski definition) is 2. The summed E-state index contributed by atoms with van der Waals surface area (Å²) in [6.45, 7) is 2.33. The molecule has 1 saturated carbocycles. The molecule has 0 amide bonds. The van der Waals surface area contributed by atoms with E-state index >= 15 is 0 Å². The minimum absolute atomic E-state index is 0.154. The molecule has 2 N–H and O–H groups in total. The highest BCUT2D eigenvalue weighted by molar-refractivity contribution is 5.89. The molecule has 142 valence electrons. The third-order valence-corrected chi connectivity index (χ3v) is 5.54. The number of hydrogen-bond acceptors (Lipinski definition) is 4. The van der Waals surface area contributed by atoms with Crippen LogP contribution in [0.5, 0.6) is 0 Å². The predicted molar refractivity (Wildman–Crippen MR) is 95.3 cm³/mol. The first-order chi connectivity index (χ1) is 12.8. The van der Waals surface area contributed by atoms with E-state index in [1.165, 1.54) is 6.07 Å². The fourth-order valence-electron chi connectivity index (χ4n) is 4.05. The van der Waals surface area contributed by atoms with Gasteiger partial charge < -0.3 is 15.1 Å². The number of carbonyl (C=O) groups is 2. The Hall–Kier alpha value is -2.90. The number of halogens is 1. The molecule has 2 aromatic rings. The molecule has 8 heteroatoms. The quantitative estimate of drug-likeness (QED) is 0.851. The van der Waals surface area contributed by atoms with Crippen molar-refractivity contribution in [2.75, 3.05) is 18.0 Å². The zero-order valence-electron chi connectivity index (χ0n) is 14.7. The van der Waals surface area contributed by atoms with Gasteiger partial charge in [0, 0.05) is 13.1 Å². The smallest absolute Gasteiger partial charge is 0.341 e. The zero-order valence-corrected chi connectivity index (χ0v) is 14.7. The second-order valence-corrected chi connectivity index (χ2v) is 7.34. The fourth-order valence-corrected chi connectivity index (χ4v) is 4.05. The van der Waals surface area contributed by atoms with Crippen molar-refractivity contribution in [1.82, 2.24) is 4.40 Å². The maximum atomic E-state index is 14.9. The molecule has 2 aliphatic rings. The molecule has 1 aliphatic carbocycles. The second-order valence-electron chi connectivity index (χ2n) is 7.34. The van der Waals surface area contributed by atoms with E-state index in [1.54, 1.807) is 11.8 Å². The Morgan fingerprint density at radius 2 is 1.93 bits per heavy atom. The molecule has 4 rings (SSSR count). The molecular weight excluding hydrogens is 355 g/mol. The van der Waals surface area contributed by atoms with E-state index in [0.29, 0.717) is 29.7 Å². The number of aromatic nitrogens is 1. The lowest BCUT2D eigenvalue weighted by molar-refractivity contribution is -0.140. The monoisotopic (exact) mass is 374 g/mol. The number of pyridine rings is 2. The van der Waals surface area contributed by atoms with Crippen LogP contribution in [-0.2, 0) is 4.79 Å². The van der Waals surface area contributed by atoms with Crippen LogP contribution in [0.3, 0.4) is 0 Å². The Balaban J connectivity index is 1.95. The number of aliphatic carboxylic acids is 1. The summed E-state index contributed by atoms with van der Waals surface area (Å²) < 4.78 is 16.0. The third-order valence-electron chi connectivity index (χ3n) is 5.54. The molecule has 0 radical (unpaired) electrons. The molecule has 0 bridgehead atoms. The van der Waals surface area contributed by atoms with E-state index in [1.807, 2.05) is 0 Å². The van der Waals surface area contributed by atoms with Gasteiger partial charge in [0.05, 0.1) is 23.3 Å². The van der Waals surface area contributed by atoms with Gasteiger partial charge in [-0.3, -0.25) is 14.0 Å². The van der Waals surface area contributed by atoms with Crippen LogP contribution in [0, 0.1) is 18.7 Å². The van der Waals surface area contributed by atoms with Gasteiger partial charge in [-0.25, -0.2) is 9.18 Å². The first-order valence-corrected chi connectivity index (χ1v) is 8.89. The van der Waals surface area contributed by atoms with Crippen molar-refractivity contribution in [2.24, 2.45) is 5.92 Å². The lowest BCUT2D eigenvalue weighted by atomic mass is 10.0. The molecule has 0 aromatic carbocycles. The highest BCUT2D eigenvalue weighted by Gasteiger charge is 2.33. The first kappa shape index (κ1) is 17.5. The minimum Gasteiger partial charge on any atom is -0.481 e. The Morgan fingerprint density at radius 3 is 2.48 bits per heavy atom. The van der Waals surface area contributed by atoms with E-state index in [4.69, 9.17) is 0 Å². The van der Waals surface area contributed by atoms with Crippen molar-refractivity contribution in [3.63, 3.8) is 0 Å². The number of nitrogens with zero attached hydrogens (tertiary/aromatic N) is 2. The molecule has 0 spiro atoms. The maximum absolute atomic E-state index is 14.9. The van der Waals surface area contributed by atoms with E-state index in [-0.39, 0.29) is 18.0 Å². The van der Waals surface area contributed by atoms with E-state index in [9.17, 15) is 29.0 Å². The van der Waals surface area contributed by atoms with Crippen molar-refractivity contribution in [1.29, 1.82) is 0 Å². The summed E-state index contributed by atoms with van der Waals surface area (Å²) in [6, 6.07) is 1.41. The van der Waals surface area contributed by atoms with Gasteiger partial charge in [0.15, 0.2) is 5.82 Å². The second kappa shape index (κ2) is 6.07. The molecule has 2 fully saturated rings. The summed E-state index contributed by atoms with van der Waals surface area (Å²) in [6.07, 6.45) is 3.25. The lowest BCUT2D eigenvalue weighted by Crippen LogP contribution is -2.27. The van der Waals surface area contributed by atoms with Crippen LogP contribution in [0.1, 0.15) is 46.7 Å². The molecule has 1 saturated heterocycles. The number of aryl methyl sites for hydroxylation is 1. The van der Waals surface area contributed by atoms with Gasteiger partial charge in [-0.2, -0.15) is 0 Å². The van der Waals surface area contributed by atoms with Gasteiger partial charge in [0.2, 0.25) is 0 Å². The Morgan fingerprint density at radius 1 is 1.22 bits per heavy atom. The summed E-state index contributed by atoms with van der Waals surface area (Å²) in [5.41, 5.74) is 0.968. The van der Waals surface area contributed by atoms with Crippen molar-refractivity contribution in [3.8, 4) is 0 Å². The summed E-state index contributed by atoms with van der Waals surface area (Å²) in [5, 5.41) is 18.5. The summed E-state index contributed by atoms with van der Waals surface area (Å²) >= 11 is 0. The highest BCUT2D eigenvalue weighted by Crippen LogP contribution is 2.44. The number of carboxylic acid groups (broad SMARTS) is 2. The van der Waals surface area contributed by atoms with E-state index < -0.39 is 29.2 Å². The average molecular weight is 374 g/mol. The van der Waals surface area contributed by atoms with Crippen LogP contribution in [0.15, 0.2) is 17.1 Å². The van der Waals surface area contributed by atoms with Crippen LogP contribution in [0.2, 0.25) is 0 Å². The Kier molecular flexibility index (Phi) is 3.94. The minimum atomic E-state index is -1.33. The number of fused-ring (bicyclic) bond motifs is 1. The molecular formula is C19H19FN2O5. The molecule has 3 heterocycles. The standard InChI is InChI=1S/C19H19FN2O5/c1-9-15-12(10-2-3-10)6-13(19(26)27)17(23)22(15)8-14(20)16(9)21-5-4-11(7-21)18(24)25/h6,8,10-11H,2-5,7H2,1H3,(H,24,25)(H,26,27). The third kappa shape index (κ3) is 2.75. The summed E-state index contributed by atoms with van der Waals surface area (Å²) in [5.74, 6) is -3.29. The normalized spacial score (nSPS) is 19.6. The molecule has 2 aromatic heterocycles. The van der Waals surface area contributed by atoms with Gasteiger partial charge in [0.1, 0.15) is 5.56 Å². The topological polar surface area (TPSA) is 99.3 Å². The number of aromatic carboxylic acids is 1. The van der Waals surface area contributed by atoms with Crippen LogP contribution >= 0.6 is 0 Å². The van der Waals surface area contributed by atoms with Crippen molar-refractivity contribution >= 4 is 23.1 Å². The van der Waals surface area contributed by atoms with Crippen LogP contribution in [-0.4, -0.2) is 39.6 Å². The Labute approximate surface area is 153 Å². The van der Waals surface area contributed by atoms with Crippen LogP contribution in [0.25, 0.3) is 5.52 Å². The first-order valence-electron chi connectivity index (χ1n) is 8.89. The van der Waals surface area contributed by atoms with Gasteiger partial charge in [-0.05, 0) is 49.3 Å². The molecule has 7 nitrogen and oxygen atoms in total. The van der Waals surface area contributed by atoms with Gasteiger partial charge >= 0.3 is 11.9 Å². The lowest BCUT2D eigenvalue weighted by Gasteiger charge is -2.24. The zero-order chi connectivity index (χ0) is 19.5. The molecule has 1 atom stereocenters. The highest BCUT2D eigenvalue weighted by atomic mass is 19.1. The van der Waals surface area contributed by atoms with E-state index in [0.717, 1.165) is 29.0 Å². The van der Waals surface area contributed by atoms with Gasteiger partial charge in [0.25, 0.3) is 5.56 Å². The van der Waals surface area contributed by atoms with Crippen molar-refractivity contribution < 1.29 is 24.2 Å². The molecule has 27 heavy (non-hydrogen) atoms. The van der Waals surface area contributed by atoms with Gasteiger partial charge in [-0.1, -0.05) is 0 Å². The summed E-state index contributed by atoms with van der Waals surface area (Å²) in [7, 11) is 0. The Bertz CT molecular complexity index is 1040. The average Bonchev–Trinajstić information content (AvgIpc) is 3.32. The van der Waals surface area contributed by atoms with Crippen LogP contribution < -0.4 is 10.5 Å². The molecule has 1 aliphatic heterocycles. The van der Waals surface area contributed by atoms with Gasteiger partial charge in [-0.15, -0.1) is 0 Å². The van der Waals surface area contributed by atoms with Crippen molar-refractivity contribution in [2.45, 2.75) is 32.1 Å². The molecule has 1 unspecified atom stereocenters. The summed E-state index contributed by atoms with van der Waals surface area (Å²) in [4.78, 5) is 36.9. The number of anilines is 1. The number of carboxylic acids is 2. The predicted octanol–water partition coefficient (Wildman–Crippen LogP) is 2.23. The van der Waals surface area contributed by atoms with E-state index in [2.05, 4.69) is 0 Å².